The predicted molar refractivity (Wildman–Crippen MR) is 87.0 cm³/mol. The van der Waals surface area contributed by atoms with Crippen LogP contribution >= 0.6 is 0 Å². The van der Waals surface area contributed by atoms with E-state index < -0.39 is 27.3 Å². The zero-order valence-corrected chi connectivity index (χ0v) is 13.8. The monoisotopic (exact) mass is 336 g/mol. The molecule has 0 bridgehead atoms. The van der Waals surface area contributed by atoms with Crippen molar-refractivity contribution in [3.8, 4) is 0 Å². The molecule has 1 aliphatic heterocycles. The number of rotatable bonds is 3. The molecule has 2 atom stereocenters. The molecule has 2 aliphatic rings. The number of carbonyl (C=O) groups excluding carboxylic acids is 1. The van der Waals surface area contributed by atoms with E-state index in [-0.39, 0.29) is 11.3 Å². The van der Waals surface area contributed by atoms with Crippen LogP contribution in [0.15, 0.2) is 22.3 Å². The first-order chi connectivity index (χ1) is 10.9. The first-order valence-electron chi connectivity index (χ1n) is 7.85. The number of aryl methyl sites for hydroxylation is 1. The number of H-pyrrole nitrogens is 1. The molecular formula is C16H20N2O4S. The third-order valence-corrected chi connectivity index (χ3v) is 5.99. The molecule has 0 saturated carbocycles. The number of fused-ring (bicyclic) bond motifs is 1. The number of hydrogen-bond acceptors (Lipinski definition) is 4. The van der Waals surface area contributed by atoms with Crippen LogP contribution < -0.4 is 10.9 Å². The Morgan fingerprint density at radius 3 is 2.87 bits per heavy atom. The Labute approximate surface area is 134 Å². The maximum atomic E-state index is 12.3. The standard InChI is InChI=1S/C16H20N2O4S/c1-2-10-3-4-14-11(7-10)8-13(16(20)18-14)15(19)17-12-5-6-23(21,22)9-12/h5-6,8,10,12H,2-4,7,9H2,1H3,(H,17,19)(H,18,20). The van der Waals surface area contributed by atoms with Crippen LogP contribution in [0.2, 0.25) is 0 Å². The number of carbonyl (C=O) groups is 1. The Balaban J connectivity index is 1.81. The zero-order chi connectivity index (χ0) is 16.6. The summed E-state index contributed by atoms with van der Waals surface area (Å²) >= 11 is 0. The number of sulfone groups is 1. The van der Waals surface area contributed by atoms with E-state index in [0.717, 1.165) is 42.3 Å². The van der Waals surface area contributed by atoms with Crippen molar-refractivity contribution in [3.05, 3.63) is 44.7 Å². The van der Waals surface area contributed by atoms with Gasteiger partial charge in [0.1, 0.15) is 5.56 Å². The van der Waals surface area contributed by atoms with Gasteiger partial charge in [-0.25, -0.2) is 8.42 Å². The van der Waals surface area contributed by atoms with Gasteiger partial charge in [0.25, 0.3) is 11.5 Å². The van der Waals surface area contributed by atoms with Gasteiger partial charge < -0.3 is 10.3 Å². The van der Waals surface area contributed by atoms with Crippen molar-refractivity contribution in [1.82, 2.24) is 10.3 Å². The van der Waals surface area contributed by atoms with Crippen LogP contribution in [-0.4, -0.2) is 31.1 Å². The van der Waals surface area contributed by atoms with E-state index in [1.54, 1.807) is 6.07 Å². The normalized spacial score (nSPS) is 25.1. The van der Waals surface area contributed by atoms with Crippen LogP contribution in [0.1, 0.15) is 41.4 Å². The molecule has 0 saturated heterocycles. The average Bonchev–Trinajstić information content (AvgIpc) is 2.84. The molecule has 0 fully saturated rings. The Morgan fingerprint density at radius 1 is 1.43 bits per heavy atom. The topological polar surface area (TPSA) is 96.1 Å². The quantitative estimate of drug-likeness (QED) is 0.858. The van der Waals surface area contributed by atoms with E-state index >= 15 is 0 Å². The molecule has 1 aromatic rings. The molecule has 7 heteroatoms. The van der Waals surface area contributed by atoms with Crippen LogP contribution in [0.5, 0.6) is 0 Å². The first-order valence-corrected chi connectivity index (χ1v) is 9.56. The minimum atomic E-state index is -3.24. The number of pyridine rings is 1. The largest absolute Gasteiger partial charge is 0.345 e. The SMILES string of the molecule is CCC1CCc2[nH]c(=O)c(C(=O)NC3C=CS(=O)(=O)C3)cc2C1. The molecule has 2 unspecified atom stereocenters. The summed E-state index contributed by atoms with van der Waals surface area (Å²) in [5, 5.41) is 3.70. The van der Waals surface area contributed by atoms with Crippen molar-refractivity contribution in [2.24, 2.45) is 5.92 Å². The summed E-state index contributed by atoms with van der Waals surface area (Å²) in [7, 11) is -3.24. The van der Waals surface area contributed by atoms with E-state index in [1.807, 2.05) is 0 Å². The number of hydrogen-bond donors (Lipinski definition) is 2. The van der Waals surface area contributed by atoms with Crippen molar-refractivity contribution in [2.45, 2.75) is 38.6 Å². The molecule has 2 heterocycles. The van der Waals surface area contributed by atoms with Gasteiger partial charge >= 0.3 is 0 Å². The van der Waals surface area contributed by atoms with Gasteiger partial charge in [-0.05, 0) is 42.9 Å². The van der Waals surface area contributed by atoms with Gasteiger partial charge in [-0.2, -0.15) is 0 Å². The van der Waals surface area contributed by atoms with Gasteiger partial charge in [-0.1, -0.05) is 13.3 Å². The van der Waals surface area contributed by atoms with Gasteiger partial charge in [0.15, 0.2) is 9.84 Å². The third kappa shape index (κ3) is 3.39. The molecule has 3 rings (SSSR count). The second-order valence-electron chi connectivity index (χ2n) is 6.27. The van der Waals surface area contributed by atoms with Crippen molar-refractivity contribution in [3.63, 3.8) is 0 Å². The Bertz CT molecular complexity index is 823. The molecule has 0 spiro atoms. The van der Waals surface area contributed by atoms with Crippen molar-refractivity contribution in [2.75, 3.05) is 5.75 Å². The summed E-state index contributed by atoms with van der Waals surface area (Å²) < 4.78 is 22.8. The second kappa shape index (κ2) is 5.96. The van der Waals surface area contributed by atoms with Crippen LogP contribution in [-0.2, 0) is 22.7 Å². The smallest absolute Gasteiger partial charge is 0.261 e. The van der Waals surface area contributed by atoms with Gasteiger partial charge in [-0.3, -0.25) is 9.59 Å². The van der Waals surface area contributed by atoms with E-state index in [9.17, 15) is 18.0 Å². The lowest BCUT2D eigenvalue weighted by Crippen LogP contribution is -2.38. The summed E-state index contributed by atoms with van der Waals surface area (Å²) in [6.07, 6.45) is 5.25. The zero-order valence-electron chi connectivity index (χ0n) is 13.0. The number of aromatic nitrogens is 1. The average molecular weight is 336 g/mol. The molecule has 23 heavy (non-hydrogen) atoms. The second-order valence-corrected chi connectivity index (χ2v) is 8.20. The highest BCUT2D eigenvalue weighted by atomic mass is 32.2. The van der Waals surface area contributed by atoms with Crippen molar-refractivity contribution in [1.29, 1.82) is 0 Å². The summed E-state index contributed by atoms with van der Waals surface area (Å²) in [5.41, 5.74) is 1.57. The van der Waals surface area contributed by atoms with Crippen molar-refractivity contribution >= 4 is 15.7 Å². The van der Waals surface area contributed by atoms with E-state index in [0.29, 0.717) is 5.92 Å². The Kier molecular flexibility index (Phi) is 4.14. The molecule has 0 aromatic carbocycles. The van der Waals surface area contributed by atoms with Gasteiger partial charge in [0.05, 0.1) is 11.8 Å². The van der Waals surface area contributed by atoms with Crippen LogP contribution in [0, 0.1) is 5.92 Å². The minimum absolute atomic E-state index is 0.0539. The fraction of sp³-hybridized carbons (Fsp3) is 0.500. The van der Waals surface area contributed by atoms with E-state index in [1.165, 1.54) is 6.08 Å². The molecule has 2 N–H and O–H groups in total. The molecule has 1 aromatic heterocycles. The number of aromatic amines is 1. The fourth-order valence-electron chi connectivity index (χ4n) is 3.21. The van der Waals surface area contributed by atoms with Crippen LogP contribution in [0.3, 0.4) is 0 Å². The van der Waals surface area contributed by atoms with Crippen LogP contribution in [0.25, 0.3) is 0 Å². The summed E-state index contributed by atoms with van der Waals surface area (Å²) in [6.45, 7) is 2.14. The molecule has 0 radical (unpaired) electrons. The molecule has 1 aliphatic carbocycles. The summed E-state index contributed by atoms with van der Waals surface area (Å²) in [4.78, 5) is 27.3. The minimum Gasteiger partial charge on any atom is -0.345 e. The highest BCUT2D eigenvalue weighted by Gasteiger charge is 2.26. The van der Waals surface area contributed by atoms with Crippen molar-refractivity contribution < 1.29 is 13.2 Å². The van der Waals surface area contributed by atoms with Gasteiger partial charge in [-0.15, -0.1) is 0 Å². The summed E-state index contributed by atoms with van der Waals surface area (Å²) in [5.74, 6) is -0.105. The maximum absolute atomic E-state index is 12.3. The lowest BCUT2D eigenvalue weighted by molar-refractivity contribution is 0.0946. The molecule has 6 nitrogen and oxygen atoms in total. The third-order valence-electron chi connectivity index (χ3n) is 4.59. The van der Waals surface area contributed by atoms with Gasteiger partial charge in [0, 0.05) is 11.1 Å². The molecule has 1 amide bonds. The predicted octanol–water partition coefficient (Wildman–Crippen LogP) is 0.930. The first kappa shape index (κ1) is 16.0. The highest BCUT2D eigenvalue weighted by Crippen LogP contribution is 2.25. The lowest BCUT2D eigenvalue weighted by Gasteiger charge is -2.23. The summed E-state index contributed by atoms with van der Waals surface area (Å²) in [6, 6.07) is 1.09. The van der Waals surface area contributed by atoms with Gasteiger partial charge in [0.2, 0.25) is 0 Å². The highest BCUT2D eigenvalue weighted by molar-refractivity contribution is 7.94. The Hall–Kier alpha value is -1.89. The van der Waals surface area contributed by atoms with E-state index in [2.05, 4.69) is 17.2 Å². The molecular weight excluding hydrogens is 316 g/mol. The maximum Gasteiger partial charge on any atom is 0.261 e. The lowest BCUT2D eigenvalue weighted by atomic mass is 9.84. The Morgan fingerprint density at radius 2 is 2.22 bits per heavy atom. The van der Waals surface area contributed by atoms with E-state index in [4.69, 9.17) is 0 Å². The number of nitrogens with one attached hydrogen (secondary N) is 2. The van der Waals surface area contributed by atoms with Crippen LogP contribution in [0.4, 0.5) is 0 Å². The fourth-order valence-corrected chi connectivity index (χ4v) is 4.44. The number of amides is 1. The molecule has 124 valence electrons.